The number of carbonyl (C=O) groups is 3. The number of Topliss-reactive ketones (excluding diaryl/α,β-unsaturated/α-hetero) is 1. The van der Waals surface area contributed by atoms with Crippen molar-refractivity contribution in [2.75, 3.05) is 6.54 Å². The standard InChI is InChI=1S/C21H20N2O4S/c24-16(7-4-8-21(26)27)13-22-19(25)12-20-23-17-10-9-15(11-18(17)28-20)14-5-2-1-3-6-14/h1-3,5-6,9-11H,4,7-8,12-13H2,(H,22,25)(H,26,27). The van der Waals surface area contributed by atoms with Crippen LogP contribution in [-0.4, -0.2) is 34.3 Å². The molecule has 1 amide bonds. The van der Waals surface area contributed by atoms with Crippen LogP contribution < -0.4 is 5.32 Å². The molecule has 2 N–H and O–H groups in total. The Balaban J connectivity index is 1.56. The van der Waals surface area contributed by atoms with E-state index in [1.807, 2.05) is 42.5 Å². The van der Waals surface area contributed by atoms with Gasteiger partial charge in [0.2, 0.25) is 5.91 Å². The van der Waals surface area contributed by atoms with Crippen molar-refractivity contribution in [2.45, 2.75) is 25.7 Å². The van der Waals surface area contributed by atoms with E-state index in [-0.39, 0.29) is 43.9 Å². The number of ketones is 1. The van der Waals surface area contributed by atoms with Gasteiger partial charge in [-0.15, -0.1) is 11.3 Å². The van der Waals surface area contributed by atoms with E-state index in [1.165, 1.54) is 11.3 Å². The number of carboxylic acids is 1. The van der Waals surface area contributed by atoms with Gasteiger partial charge in [0.1, 0.15) is 5.01 Å². The lowest BCUT2D eigenvalue weighted by atomic mass is 10.1. The lowest BCUT2D eigenvalue weighted by molar-refractivity contribution is -0.137. The number of carboxylic acid groups (broad SMARTS) is 1. The van der Waals surface area contributed by atoms with Crippen molar-refractivity contribution in [3.8, 4) is 11.1 Å². The predicted molar refractivity (Wildman–Crippen MR) is 108 cm³/mol. The van der Waals surface area contributed by atoms with Crippen LogP contribution in [0.1, 0.15) is 24.3 Å². The Hall–Kier alpha value is -3.06. The number of benzene rings is 2. The number of thiazole rings is 1. The first kappa shape index (κ1) is 19.7. The monoisotopic (exact) mass is 396 g/mol. The van der Waals surface area contributed by atoms with Gasteiger partial charge in [0.25, 0.3) is 0 Å². The van der Waals surface area contributed by atoms with Gasteiger partial charge in [0.15, 0.2) is 5.78 Å². The van der Waals surface area contributed by atoms with E-state index in [1.54, 1.807) is 0 Å². The molecule has 0 fully saturated rings. The highest BCUT2D eigenvalue weighted by Crippen LogP contribution is 2.28. The van der Waals surface area contributed by atoms with E-state index in [4.69, 9.17) is 5.11 Å². The topological polar surface area (TPSA) is 96.4 Å². The molecule has 28 heavy (non-hydrogen) atoms. The Bertz CT molecular complexity index is 998. The molecule has 0 saturated heterocycles. The summed E-state index contributed by atoms with van der Waals surface area (Å²) in [5.41, 5.74) is 3.07. The average molecular weight is 396 g/mol. The van der Waals surface area contributed by atoms with Crippen molar-refractivity contribution in [1.82, 2.24) is 10.3 Å². The van der Waals surface area contributed by atoms with Crippen LogP contribution in [0, 0.1) is 0 Å². The molecule has 1 heterocycles. The Morgan fingerprint density at radius 2 is 1.79 bits per heavy atom. The first-order valence-corrected chi connectivity index (χ1v) is 9.78. The minimum atomic E-state index is -0.928. The van der Waals surface area contributed by atoms with Gasteiger partial charge in [-0.05, 0) is 29.7 Å². The molecule has 7 heteroatoms. The summed E-state index contributed by atoms with van der Waals surface area (Å²) in [6.45, 7) is -0.0818. The minimum Gasteiger partial charge on any atom is -0.481 e. The third-order valence-electron chi connectivity index (χ3n) is 4.18. The van der Waals surface area contributed by atoms with Gasteiger partial charge in [0, 0.05) is 12.8 Å². The number of nitrogens with one attached hydrogen (secondary N) is 1. The molecule has 0 saturated carbocycles. The molecule has 0 unspecified atom stereocenters. The summed E-state index contributed by atoms with van der Waals surface area (Å²) in [6, 6.07) is 16.1. The van der Waals surface area contributed by atoms with Crippen LogP contribution in [0.25, 0.3) is 21.3 Å². The fraction of sp³-hybridized carbons (Fsp3) is 0.238. The second-order valence-corrected chi connectivity index (χ2v) is 7.51. The lowest BCUT2D eigenvalue weighted by Crippen LogP contribution is -2.30. The van der Waals surface area contributed by atoms with Crippen molar-refractivity contribution < 1.29 is 19.5 Å². The molecule has 144 valence electrons. The normalized spacial score (nSPS) is 10.7. The molecule has 0 spiro atoms. The number of rotatable bonds is 9. The number of fused-ring (bicyclic) bond motifs is 1. The van der Waals surface area contributed by atoms with Gasteiger partial charge in [-0.1, -0.05) is 36.4 Å². The van der Waals surface area contributed by atoms with Crippen molar-refractivity contribution in [1.29, 1.82) is 0 Å². The van der Waals surface area contributed by atoms with E-state index < -0.39 is 5.97 Å². The smallest absolute Gasteiger partial charge is 0.303 e. The number of aliphatic carboxylic acids is 1. The number of hydrogen-bond acceptors (Lipinski definition) is 5. The second kappa shape index (κ2) is 9.23. The van der Waals surface area contributed by atoms with Crippen LogP contribution in [-0.2, 0) is 20.8 Å². The largest absolute Gasteiger partial charge is 0.481 e. The summed E-state index contributed by atoms with van der Waals surface area (Å²) < 4.78 is 1.01. The number of nitrogens with zero attached hydrogens (tertiary/aromatic N) is 1. The highest BCUT2D eigenvalue weighted by atomic mass is 32.1. The molecule has 0 aliphatic carbocycles. The molecule has 3 rings (SSSR count). The fourth-order valence-corrected chi connectivity index (χ4v) is 3.79. The summed E-state index contributed by atoms with van der Waals surface area (Å²) in [4.78, 5) is 38.7. The maximum absolute atomic E-state index is 12.1. The van der Waals surface area contributed by atoms with Crippen LogP contribution in [0.3, 0.4) is 0 Å². The van der Waals surface area contributed by atoms with Gasteiger partial charge in [-0.3, -0.25) is 14.4 Å². The summed E-state index contributed by atoms with van der Waals surface area (Å²) in [6.07, 6.45) is 0.500. The van der Waals surface area contributed by atoms with Gasteiger partial charge in [0.05, 0.1) is 23.2 Å². The zero-order valence-electron chi connectivity index (χ0n) is 15.2. The Morgan fingerprint density at radius 1 is 1.00 bits per heavy atom. The van der Waals surface area contributed by atoms with Crippen molar-refractivity contribution in [2.24, 2.45) is 0 Å². The lowest BCUT2D eigenvalue weighted by Gasteiger charge is -2.02. The van der Waals surface area contributed by atoms with Crippen LogP contribution in [0.4, 0.5) is 0 Å². The second-order valence-electron chi connectivity index (χ2n) is 6.40. The fourth-order valence-electron chi connectivity index (χ4n) is 2.78. The number of hydrogen-bond donors (Lipinski definition) is 2. The van der Waals surface area contributed by atoms with Gasteiger partial charge < -0.3 is 10.4 Å². The highest BCUT2D eigenvalue weighted by molar-refractivity contribution is 7.18. The van der Waals surface area contributed by atoms with Crippen molar-refractivity contribution in [3.05, 3.63) is 53.5 Å². The van der Waals surface area contributed by atoms with Gasteiger partial charge >= 0.3 is 5.97 Å². The average Bonchev–Trinajstić information content (AvgIpc) is 3.08. The first-order chi connectivity index (χ1) is 13.5. The van der Waals surface area contributed by atoms with Crippen molar-refractivity contribution in [3.63, 3.8) is 0 Å². The molecule has 0 aliphatic heterocycles. The zero-order chi connectivity index (χ0) is 19.9. The maximum atomic E-state index is 12.1. The van der Waals surface area contributed by atoms with E-state index in [0.29, 0.717) is 5.01 Å². The Morgan fingerprint density at radius 3 is 2.54 bits per heavy atom. The molecule has 6 nitrogen and oxygen atoms in total. The molecular formula is C21H20N2O4S. The first-order valence-electron chi connectivity index (χ1n) is 8.96. The molecule has 2 aromatic carbocycles. The molecular weight excluding hydrogens is 376 g/mol. The van der Waals surface area contributed by atoms with E-state index in [2.05, 4.69) is 16.4 Å². The summed E-state index contributed by atoms with van der Waals surface area (Å²) >= 11 is 1.46. The number of carbonyl (C=O) groups excluding carboxylic acids is 2. The van der Waals surface area contributed by atoms with Gasteiger partial charge in [-0.25, -0.2) is 4.98 Å². The Kier molecular flexibility index (Phi) is 6.49. The third-order valence-corrected chi connectivity index (χ3v) is 5.20. The van der Waals surface area contributed by atoms with Crippen LogP contribution >= 0.6 is 11.3 Å². The SMILES string of the molecule is O=C(O)CCCC(=O)CNC(=O)Cc1nc2ccc(-c3ccccc3)cc2s1. The molecule has 0 aliphatic rings. The van der Waals surface area contributed by atoms with Gasteiger partial charge in [-0.2, -0.15) is 0 Å². The Labute approximate surface area is 166 Å². The molecule has 0 radical (unpaired) electrons. The summed E-state index contributed by atoms with van der Waals surface area (Å²) in [7, 11) is 0. The molecule has 3 aromatic rings. The predicted octanol–water partition coefficient (Wildman–Crippen LogP) is 3.45. The van der Waals surface area contributed by atoms with Crippen molar-refractivity contribution >= 4 is 39.2 Å². The maximum Gasteiger partial charge on any atom is 0.303 e. The van der Waals surface area contributed by atoms with Crippen LogP contribution in [0.15, 0.2) is 48.5 Å². The number of aromatic nitrogens is 1. The van der Waals surface area contributed by atoms with E-state index in [0.717, 1.165) is 21.3 Å². The van der Waals surface area contributed by atoms with E-state index >= 15 is 0 Å². The third kappa shape index (κ3) is 5.47. The molecule has 0 atom stereocenters. The summed E-state index contributed by atoms with van der Waals surface area (Å²) in [5.74, 6) is -1.37. The number of amides is 1. The zero-order valence-corrected chi connectivity index (χ0v) is 16.0. The minimum absolute atomic E-state index is 0.0453. The summed E-state index contributed by atoms with van der Waals surface area (Å²) in [5, 5.41) is 11.8. The molecule has 0 bridgehead atoms. The van der Waals surface area contributed by atoms with Crippen LogP contribution in [0.5, 0.6) is 0 Å². The van der Waals surface area contributed by atoms with E-state index in [9.17, 15) is 14.4 Å². The van der Waals surface area contributed by atoms with Crippen LogP contribution in [0.2, 0.25) is 0 Å². The highest BCUT2D eigenvalue weighted by Gasteiger charge is 2.11. The quantitative estimate of drug-likeness (QED) is 0.577. The molecule has 1 aromatic heterocycles.